The van der Waals surface area contributed by atoms with Gasteiger partial charge in [0, 0.05) is 12.1 Å². The molecule has 1 unspecified atom stereocenters. The number of carbonyl (C=O) groups excluding carboxylic acids is 2. The number of nitrogens with zero attached hydrogens (tertiary/aromatic N) is 3. The first-order valence-electron chi connectivity index (χ1n) is 9.58. The number of aromatic nitrogens is 2. The summed E-state index contributed by atoms with van der Waals surface area (Å²) in [6.45, 7) is 2.65. The molecule has 0 aliphatic heterocycles. The number of ether oxygens (including phenoxy) is 1. The fourth-order valence-electron chi connectivity index (χ4n) is 2.97. The van der Waals surface area contributed by atoms with Crippen molar-refractivity contribution in [3.05, 3.63) is 80.6 Å². The Morgan fingerprint density at radius 2 is 1.85 bits per heavy atom. The van der Waals surface area contributed by atoms with Crippen LogP contribution in [0.4, 0.5) is 24.5 Å². The van der Waals surface area contributed by atoms with Gasteiger partial charge in [0.25, 0.3) is 11.6 Å². The van der Waals surface area contributed by atoms with E-state index in [1.807, 2.05) is 5.32 Å². The van der Waals surface area contributed by atoms with Crippen LogP contribution in [0, 0.1) is 17.0 Å². The minimum absolute atomic E-state index is 0.0731. The molecule has 2 aromatic carbocycles. The average molecular weight is 497 g/mol. The van der Waals surface area contributed by atoms with Gasteiger partial charge in [0.1, 0.15) is 10.7 Å². The number of hydrogen-bond acceptors (Lipinski definition) is 6. The van der Waals surface area contributed by atoms with Crippen molar-refractivity contribution in [2.75, 3.05) is 5.32 Å². The van der Waals surface area contributed by atoms with Crippen molar-refractivity contribution < 1.29 is 32.4 Å². The van der Waals surface area contributed by atoms with Gasteiger partial charge in [-0.3, -0.25) is 14.9 Å². The molecule has 1 N–H and O–H groups in total. The van der Waals surface area contributed by atoms with Crippen LogP contribution in [0.25, 0.3) is 5.69 Å². The summed E-state index contributed by atoms with van der Waals surface area (Å²) in [4.78, 5) is 34.9. The van der Waals surface area contributed by atoms with Gasteiger partial charge in [0.15, 0.2) is 6.10 Å². The van der Waals surface area contributed by atoms with E-state index >= 15 is 0 Å². The van der Waals surface area contributed by atoms with E-state index in [0.717, 1.165) is 19.1 Å². The molecule has 34 heavy (non-hydrogen) atoms. The second kappa shape index (κ2) is 9.51. The Morgan fingerprint density at radius 1 is 1.21 bits per heavy atom. The van der Waals surface area contributed by atoms with Gasteiger partial charge >= 0.3 is 12.1 Å². The number of para-hydroxylation sites is 1. The third kappa shape index (κ3) is 5.17. The number of rotatable bonds is 6. The summed E-state index contributed by atoms with van der Waals surface area (Å²) in [7, 11) is 0. The van der Waals surface area contributed by atoms with Crippen molar-refractivity contribution in [3.8, 4) is 5.69 Å². The van der Waals surface area contributed by atoms with Gasteiger partial charge in [-0.05, 0) is 32.0 Å². The minimum Gasteiger partial charge on any atom is -0.449 e. The van der Waals surface area contributed by atoms with E-state index in [9.17, 15) is 32.9 Å². The Kier molecular flexibility index (Phi) is 6.91. The molecule has 178 valence electrons. The van der Waals surface area contributed by atoms with E-state index in [1.165, 1.54) is 11.6 Å². The normalized spacial score (nSPS) is 12.2. The van der Waals surface area contributed by atoms with Crippen LogP contribution in [0.15, 0.2) is 48.5 Å². The Bertz CT molecular complexity index is 1260. The van der Waals surface area contributed by atoms with Crippen LogP contribution in [-0.4, -0.2) is 32.7 Å². The lowest BCUT2D eigenvalue weighted by molar-refractivity contribution is -0.385. The molecule has 0 aliphatic rings. The van der Waals surface area contributed by atoms with E-state index in [4.69, 9.17) is 16.3 Å². The number of hydrogen-bond donors (Lipinski definition) is 1. The number of anilines is 1. The Balaban J connectivity index is 1.79. The summed E-state index contributed by atoms with van der Waals surface area (Å²) in [5, 5.41) is 16.9. The van der Waals surface area contributed by atoms with Crippen LogP contribution in [0.2, 0.25) is 5.15 Å². The van der Waals surface area contributed by atoms with Gasteiger partial charge < -0.3 is 10.1 Å². The predicted molar refractivity (Wildman–Crippen MR) is 115 cm³/mol. The standard InChI is InChI=1S/C21H16ClF3N4O5/c1-11-17(18(22)28(27-11)13-6-4-3-5-7-13)20(31)34-12(2)19(30)26-16-9-8-14(29(32)33)10-15(16)21(23,24)25/h3-10,12H,1-2H3,(H,26,30). The lowest BCUT2D eigenvalue weighted by Crippen LogP contribution is -2.31. The van der Waals surface area contributed by atoms with Crippen LogP contribution in [0.1, 0.15) is 28.5 Å². The highest BCUT2D eigenvalue weighted by atomic mass is 35.5. The van der Waals surface area contributed by atoms with Gasteiger partial charge in [0.05, 0.1) is 27.6 Å². The lowest BCUT2D eigenvalue weighted by atomic mass is 10.1. The highest BCUT2D eigenvalue weighted by Crippen LogP contribution is 2.37. The smallest absolute Gasteiger partial charge is 0.418 e. The number of halogens is 4. The number of aryl methyl sites for hydroxylation is 1. The molecule has 0 radical (unpaired) electrons. The maximum absolute atomic E-state index is 13.3. The number of amides is 1. The quantitative estimate of drug-likeness (QED) is 0.293. The molecule has 0 saturated carbocycles. The first-order chi connectivity index (χ1) is 15.9. The van der Waals surface area contributed by atoms with Crippen LogP contribution in [-0.2, 0) is 15.7 Å². The molecule has 0 saturated heterocycles. The SMILES string of the molecule is Cc1nn(-c2ccccc2)c(Cl)c1C(=O)OC(C)C(=O)Nc1ccc([N+](=O)[O-])cc1C(F)(F)F. The number of nitrogens with one attached hydrogen (secondary N) is 1. The number of carbonyl (C=O) groups is 2. The topological polar surface area (TPSA) is 116 Å². The van der Waals surface area contributed by atoms with Gasteiger partial charge in [-0.2, -0.15) is 18.3 Å². The van der Waals surface area contributed by atoms with Crippen LogP contribution in [0.3, 0.4) is 0 Å². The summed E-state index contributed by atoms with van der Waals surface area (Å²) in [5.41, 5.74) is -2.28. The molecule has 0 bridgehead atoms. The van der Waals surface area contributed by atoms with Crippen molar-refractivity contribution in [1.82, 2.24) is 9.78 Å². The molecular formula is C21H16ClF3N4O5. The summed E-state index contributed by atoms with van der Waals surface area (Å²) in [6, 6.07) is 10.5. The molecule has 1 atom stereocenters. The summed E-state index contributed by atoms with van der Waals surface area (Å²) in [6.07, 6.45) is -6.51. The molecule has 1 aromatic heterocycles. The zero-order chi connectivity index (χ0) is 25.2. The largest absolute Gasteiger partial charge is 0.449 e. The third-order valence-electron chi connectivity index (χ3n) is 4.64. The molecule has 3 rings (SSSR count). The van der Waals surface area contributed by atoms with Gasteiger partial charge in [-0.1, -0.05) is 29.8 Å². The molecular weight excluding hydrogens is 481 g/mol. The molecule has 0 aliphatic carbocycles. The van der Waals surface area contributed by atoms with Crippen LogP contribution >= 0.6 is 11.6 Å². The Hall–Kier alpha value is -3.93. The van der Waals surface area contributed by atoms with E-state index in [1.54, 1.807) is 30.3 Å². The molecule has 13 heteroatoms. The van der Waals surface area contributed by atoms with Crippen molar-refractivity contribution in [2.24, 2.45) is 0 Å². The summed E-state index contributed by atoms with van der Waals surface area (Å²) in [5.74, 6) is -2.09. The summed E-state index contributed by atoms with van der Waals surface area (Å²) < 4.78 is 46.4. The first kappa shape index (κ1) is 24.7. The van der Waals surface area contributed by atoms with E-state index in [2.05, 4.69) is 5.10 Å². The maximum atomic E-state index is 13.3. The molecule has 0 spiro atoms. The maximum Gasteiger partial charge on any atom is 0.418 e. The van der Waals surface area contributed by atoms with Crippen LogP contribution in [0.5, 0.6) is 0 Å². The van der Waals surface area contributed by atoms with Crippen molar-refractivity contribution >= 4 is 34.9 Å². The Morgan fingerprint density at radius 3 is 2.44 bits per heavy atom. The Labute approximate surface area is 195 Å². The number of nitro benzene ring substituents is 1. The number of esters is 1. The van der Waals surface area contributed by atoms with Gasteiger partial charge in [-0.25, -0.2) is 9.48 Å². The minimum atomic E-state index is -4.98. The van der Waals surface area contributed by atoms with Crippen molar-refractivity contribution in [1.29, 1.82) is 0 Å². The number of benzene rings is 2. The fraction of sp³-hybridized carbons (Fsp3) is 0.190. The van der Waals surface area contributed by atoms with Crippen LogP contribution < -0.4 is 5.32 Å². The van der Waals surface area contributed by atoms with E-state index in [0.29, 0.717) is 11.8 Å². The molecule has 3 aromatic rings. The lowest BCUT2D eigenvalue weighted by Gasteiger charge is -2.17. The van der Waals surface area contributed by atoms with Gasteiger partial charge in [-0.15, -0.1) is 0 Å². The first-order valence-corrected chi connectivity index (χ1v) is 9.96. The highest BCUT2D eigenvalue weighted by Gasteiger charge is 2.36. The fourth-order valence-corrected chi connectivity index (χ4v) is 3.32. The van der Waals surface area contributed by atoms with E-state index in [-0.39, 0.29) is 16.4 Å². The van der Waals surface area contributed by atoms with Crippen molar-refractivity contribution in [2.45, 2.75) is 26.1 Å². The summed E-state index contributed by atoms with van der Waals surface area (Å²) >= 11 is 6.28. The van der Waals surface area contributed by atoms with E-state index < -0.39 is 46.0 Å². The second-order valence-electron chi connectivity index (χ2n) is 7.02. The zero-order valence-corrected chi connectivity index (χ0v) is 18.3. The molecule has 1 heterocycles. The number of nitro groups is 1. The predicted octanol–water partition coefficient (Wildman–Crippen LogP) is 4.95. The monoisotopic (exact) mass is 496 g/mol. The van der Waals surface area contributed by atoms with Gasteiger partial charge in [0.2, 0.25) is 0 Å². The molecule has 0 fully saturated rings. The molecule has 1 amide bonds. The second-order valence-corrected chi connectivity index (χ2v) is 7.38. The highest BCUT2D eigenvalue weighted by molar-refractivity contribution is 6.33. The third-order valence-corrected chi connectivity index (χ3v) is 4.99. The number of non-ortho nitro benzene ring substituents is 1. The number of alkyl halides is 3. The molecule has 9 nitrogen and oxygen atoms in total. The van der Waals surface area contributed by atoms with Crippen molar-refractivity contribution in [3.63, 3.8) is 0 Å². The average Bonchev–Trinajstić information content (AvgIpc) is 3.07. The zero-order valence-electron chi connectivity index (χ0n) is 17.6.